The van der Waals surface area contributed by atoms with Crippen molar-refractivity contribution < 1.29 is 13.9 Å². The van der Waals surface area contributed by atoms with Gasteiger partial charge in [-0.05, 0) is 31.2 Å². The van der Waals surface area contributed by atoms with Crippen molar-refractivity contribution in [1.29, 1.82) is 0 Å². The molecule has 1 aromatic rings. The lowest BCUT2D eigenvalue weighted by molar-refractivity contribution is -0.109. The molecule has 1 saturated heterocycles. The van der Waals surface area contributed by atoms with E-state index in [1.165, 1.54) is 6.07 Å². The van der Waals surface area contributed by atoms with Crippen molar-refractivity contribution in [2.45, 2.75) is 30.9 Å². The summed E-state index contributed by atoms with van der Waals surface area (Å²) in [5, 5.41) is 3.46. The molecule has 1 N–H and O–H groups in total. The molecule has 0 aliphatic carbocycles. The van der Waals surface area contributed by atoms with Crippen LogP contribution in [0.1, 0.15) is 18.4 Å². The Morgan fingerprint density at radius 3 is 2.70 bits per heavy atom. The fourth-order valence-corrected chi connectivity index (χ4v) is 2.98. The first-order valence-corrected chi connectivity index (χ1v) is 7.23. The van der Waals surface area contributed by atoms with E-state index in [1.807, 2.05) is 13.1 Å². The molecule has 1 atom stereocenters. The second-order valence-electron chi connectivity index (χ2n) is 5.18. The molecule has 5 heteroatoms. The Morgan fingerprint density at radius 1 is 1.45 bits per heavy atom. The summed E-state index contributed by atoms with van der Waals surface area (Å²) in [7, 11) is 3.64. The molecule has 20 heavy (non-hydrogen) atoms. The molecule has 0 spiro atoms. The normalized spacial score (nSPS) is 19.8. The zero-order valence-electron chi connectivity index (χ0n) is 11.9. The number of benzene rings is 1. The maximum atomic E-state index is 13.5. The first-order chi connectivity index (χ1) is 9.61. The summed E-state index contributed by atoms with van der Waals surface area (Å²) in [5.74, 6) is -0.377. The number of likely N-dealkylation sites (N-methyl/N-ethyl adjacent to an activating group) is 1. The third-order valence-electron chi connectivity index (χ3n) is 4.15. The lowest BCUT2D eigenvalue weighted by Crippen LogP contribution is -2.55. The molecule has 0 bridgehead atoms. The summed E-state index contributed by atoms with van der Waals surface area (Å²) in [6.07, 6.45) is 2.37. The van der Waals surface area contributed by atoms with E-state index in [-0.39, 0.29) is 22.5 Å². The molecule has 1 heterocycles. The molecule has 1 fully saturated rings. The van der Waals surface area contributed by atoms with Crippen LogP contribution in [0.3, 0.4) is 0 Å². The number of rotatable bonds is 5. The van der Waals surface area contributed by atoms with Gasteiger partial charge in [-0.15, -0.1) is 0 Å². The van der Waals surface area contributed by atoms with Gasteiger partial charge in [0.05, 0.1) is 10.6 Å². The minimum absolute atomic E-state index is 0.108. The van der Waals surface area contributed by atoms with Crippen molar-refractivity contribution in [3.05, 3.63) is 34.6 Å². The summed E-state index contributed by atoms with van der Waals surface area (Å²) in [6, 6.07) is 5.06. The number of nitrogens with one attached hydrogen (secondary N) is 1. The van der Waals surface area contributed by atoms with Crippen molar-refractivity contribution in [2.24, 2.45) is 0 Å². The van der Waals surface area contributed by atoms with Gasteiger partial charge in [0.25, 0.3) is 0 Å². The molecule has 3 nitrogen and oxygen atoms in total. The predicted molar refractivity (Wildman–Crippen MR) is 77.8 cm³/mol. The van der Waals surface area contributed by atoms with E-state index < -0.39 is 0 Å². The topological polar surface area (TPSA) is 30.5 Å². The van der Waals surface area contributed by atoms with E-state index in [0.29, 0.717) is 19.6 Å². The van der Waals surface area contributed by atoms with Gasteiger partial charge in [0.1, 0.15) is 5.82 Å². The van der Waals surface area contributed by atoms with Crippen LogP contribution in [0.5, 0.6) is 0 Å². The van der Waals surface area contributed by atoms with Crippen molar-refractivity contribution >= 4 is 11.6 Å². The average Bonchev–Trinajstić information content (AvgIpc) is 2.49. The summed E-state index contributed by atoms with van der Waals surface area (Å²) in [4.78, 5) is 0. The molecule has 0 aromatic heterocycles. The van der Waals surface area contributed by atoms with E-state index in [4.69, 9.17) is 21.1 Å². The maximum absolute atomic E-state index is 13.5. The van der Waals surface area contributed by atoms with Crippen LogP contribution in [0.15, 0.2) is 18.2 Å². The SMILES string of the molecule is CNC(Cc1ccc(Cl)c(F)c1)C1(OC)CCOCC1. The summed E-state index contributed by atoms with van der Waals surface area (Å²) in [5.41, 5.74) is 0.650. The van der Waals surface area contributed by atoms with Crippen LogP contribution in [0.4, 0.5) is 4.39 Å². The van der Waals surface area contributed by atoms with Gasteiger partial charge >= 0.3 is 0 Å². The first-order valence-electron chi connectivity index (χ1n) is 6.85. The molecule has 1 aliphatic heterocycles. The van der Waals surface area contributed by atoms with Crippen LogP contribution in [-0.2, 0) is 15.9 Å². The molecule has 112 valence electrons. The Labute approximate surface area is 124 Å². The number of hydrogen-bond donors (Lipinski definition) is 1. The summed E-state index contributed by atoms with van der Waals surface area (Å²) < 4.78 is 24.8. The van der Waals surface area contributed by atoms with Crippen LogP contribution < -0.4 is 5.32 Å². The highest BCUT2D eigenvalue weighted by Gasteiger charge is 2.39. The van der Waals surface area contributed by atoms with Gasteiger partial charge in [-0.1, -0.05) is 17.7 Å². The predicted octanol–water partition coefficient (Wildman–Crippen LogP) is 2.81. The summed E-state index contributed by atoms with van der Waals surface area (Å²) in [6.45, 7) is 1.39. The molecular formula is C15H21ClFNO2. The first kappa shape index (κ1) is 15.7. The van der Waals surface area contributed by atoms with Gasteiger partial charge in [0.15, 0.2) is 0 Å². The van der Waals surface area contributed by atoms with E-state index in [1.54, 1.807) is 13.2 Å². The maximum Gasteiger partial charge on any atom is 0.142 e. The largest absolute Gasteiger partial charge is 0.381 e. The van der Waals surface area contributed by atoms with Gasteiger partial charge in [0, 0.05) is 39.2 Å². The van der Waals surface area contributed by atoms with E-state index >= 15 is 0 Å². The summed E-state index contributed by atoms with van der Waals surface area (Å²) >= 11 is 5.72. The zero-order chi connectivity index (χ0) is 14.6. The van der Waals surface area contributed by atoms with Gasteiger partial charge in [-0.25, -0.2) is 4.39 Å². The minimum atomic E-state index is -0.377. The van der Waals surface area contributed by atoms with Crippen LogP contribution in [0, 0.1) is 5.82 Å². The fourth-order valence-electron chi connectivity index (χ4n) is 2.87. The van der Waals surface area contributed by atoms with Crippen molar-refractivity contribution in [3.63, 3.8) is 0 Å². The highest BCUT2D eigenvalue weighted by molar-refractivity contribution is 6.30. The van der Waals surface area contributed by atoms with Crippen LogP contribution in [-0.4, -0.2) is 39.0 Å². The van der Waals surface area contributed by atoms with Gasteiger partial charge in [-0.2, -0.15) is 0 Å². The molecule has 2 rings (SSSR count). The molecule has 0 amide bonds. The molecule has 1 aliphatic rings. The van der Waals surface area contributed by atoms with Crippen molar-refractivity contribution in [1.82, 2.24) is 5.32 Å². The quantitative estimate of drug-likeness (QED) is 0.907. The number of ether oxygens (including phenoxy) is 2. The Morgan fingerprint density at radius 2 is 2.15 bits per heavy atom. The lowest BCUT2D eigenvalue weighted by Gasteiger charge is -2.42. The van der Waals surface area contributed by atoms with Gasteiger partial charge < -0.3 is 14.8 Å². The lowest BCUT2D eigenvalue weighted by atomic mass is 9.82. The van der Waals surface area contributed by atoms with Crippen LogP contribution in [0.2, 0.25) is 5.02 Å². The molecule has 1 unspecified atom stereocenters. The van der Waals surface area contributed by atoms with E-state index in [0.717, 1.165) is 18.4 Å². The number of methoxy groups -OCH3 is 1. The second-order valence-corrected chi connectivity index (χ2v) is 5.58. The second kappa shape index (κ2) is 6.85. The van der Waals surface area contributed by atoms with E-state index in [2.05, 4.69) is 5.32 Å². The Kier molecular flexibility index (Phi) is 5.38. The Bertz CT molecular complexity index is 449. The van der Waals surface area contributed by atoms with Gasteiger partial charge in [0.2, 0.25) is 0 Å². The van der Waals surface area contributed by atoms with Crippen molar-refractivity contribution in [3.8, 4) is 0 Å². The third kappa shape index (κ3) is 3.31. The number of hydrogen-bond acceptors (Lipinski definition) is 3. The smallest absolute Gasteiger partial charge is 0.142 e. The Hall–Kier alpha value is -0.680. The van der Waals surface area contributed by atoms with Gasteiger partial charge in [-0.3, -0.25) is 0 Å². The molecule has 0 saturated carbocycles. The number of halogens is 2. The average molecular weight is 302 g/mol. The molecular weight excluding hydrogens is 281 g/mol. The Balaban J connectivity index is 2.16. The highest BCUT2D eigenvalue weighted by Crippen LogP contribution is 2.30. The third-order valence-corrected chi connectivity index (χ3v) is 4.46. The van der Waals surface area contributed by atoms with Crippen molar-refractivity contribution in [2.75, 3.05) is 27.4 Å². The van der Waals surface area contributed by atoms with Crippen LogP contribution in [0.25, 0.3) is 0 Å². The highest BCUT2D eigenvalue weighted by atomic mass is 35.5. The minimum Gasteiger partial charge on any atom is -0.381 e. The van der Waals surface area contributed by atoms with E-state index in [9.17, 15) is 4.39 Å². The monoisotopic (exact) mass is 301 g/mol. The zero-order valence-corrected chi connectivity index (χ0v) is 12.7. The fraction of sp³-hybridized carbons (Fsp3) is 0.600. The molecule has 0 radical (unpaired) electrons. The van der Waals surface area contributed by atoms with Crippen LogP contribution >= 0.6 is 11.6 Å². The standard InChI is InChI=1S/C15H21ClFNO2/c1-18-14(15(19-2)5-7-20-8-6-15)10-11-3-4-12(16)13(17)9-11/h3-4,9,14,18H,5-8,10H2,1-2H3. The molecule has 1 aromatic carbocycles.